The summed E-state index contributed by atoms with van der Waals surface area (Å²) in [7, 11) is 0. The zero-order chi connectivity index (χ0) is 22.4. The van der Waals surface area contributed by atoms with E-state index in [4.69, 9.17) is 0 Å². The number of hydrogen-bond acceptors (Lipinski definition) is 5. The summed E-state index contributed by atoms with van der Waals surface area (Å²) in [5, 5.41) is 3.92. The summed E-state index contributed by atoms with van der Waals surface area (Å²) in [6.45, 7) is 0. The Labute approximate surface area is 190 Å². The molecule has 7 heteroatoms. The lowest BCUT2D eigenvalue weighted by Crippen LogP contribution is -2.15. The van der Waals surface area contributed by atoms with Gasteiger partial charge in [0.15, 0.2) is 11.6 Å². The van der Waals surface area contributed by atoms with Crippen LogP contribution in [0.1, 0.15) is 34.9 Å². The van der Waals surface area contributed by atoms with Crippen molar-refractivity contribution in [2.45, 2.75) is 25.3 Å². The molecule has 0 saturated heterocycles. The molecule has 6 rings (SSSR count). The van der Waals surface area contributed by atoms with Crippen molar-refractivity contribution in [1.29, 1.82) is 0 Å². The van der Waals surface area contributed by atoms with Crippen LogP contribution in [-0.4, -0.2) is 31.2 Å². The predicted octanol–water partition coefficient (Wildman–Crippen LogP) is 4.09. The van der Waals surface area contributed by atoms with Crippen LogP contribution >= 0.6 is 0 Å². The van der Waals surface area contributed by atoms with Crippen molar-refractivity contribution in [3.05, 3.63) is 84.7 Å². The first-order valence-electron chi connectivity index (χ1n) is 11.3. The maximum atomic E-state index is 12.7. The molecule has 3 aromatic heterocycles. The molecule has 0 radical (unpaired) electrons. The molecule has 2 aliphatic rings. The highest BCUT2D eigenvalue weighted by atomic mass is 16.1. The van der Waals surface area contributed by atoms with E-state index in [1.54, 1.807) is 24.8 Å². The molecule has 0 bridgehead atoms. The third-order valence-electron chi connectivity index (χ3n) is 6.96. The second kappa shape index (κ2) is 7.92. The molecule has 0 aliphatic heterocycles. The molecule has 33 heavy (non-hydrogen) atoms. The average Bonchev–Trinajstić information content (AvgIpc) is 3.16. The van der Waals surface area contributed by atoms with Crippen molar-refractivity contribution in [2.24, 2.45) is 17.8 Å². The topological polar surface area (TPSA) is 89.8 Å². The Balaban J connectivity index is 1.05. The van der Waals surface area contributed by atoms with Gasteiger partial charge in [-0.15, -0.1) is 0 Å². The highest BCUT2D eigenvalue weighted by molar-refractivity contribution is 5.98. The maximum absolute atomic E-state index is 12.7. The fourth-order valence-corrected chi connectivity index (χ4v) is 5.33. The number of Topliss-reactive ketones (excluding diaryl/α,β-unsaturated/α-hetero) is 1. The first kappa shape index (κ1) is 19.8. The van der Waals surface area contributed by atoms with Crippen LogP contribution in [0.15, 0.2) is 73.4 Å². The molecular weight excluding hydrogens is 414 g/mol. The molecule has 0 spiro atoms. The summed E-state index contributed by atoms with van der Waals surface area (Å²) < 4.78 is 2.08. The molecule has 0 unspecified atom stereocenters. The van der Waals surface area contributed by atoms with Crippen LogP contribution in [0.25, 0.3) is 10.9 Å². The van der Waals surface area contributed by atoms with Gasteiger partial charge in [-0.25, -0.2) is 4.98 Å². The summed E-state index contributed by atoms with van der Waals surface area (Å²) in [5.41, 5.74) is 2.43. The van der Waals surface area contributed by atoms with Crippen LogP contribution < -0.4 is 5.32 Å². The standard InChI is InChI=1S/C26H23N5O2/c32-24(11-16-6-7-21-17(10-16)4-3-9-27-21)30-23-14-31(15-29-23)18-12-19-20(13-18)25(19)26(33)22-5-1-2-8-28-22/h1-10,14-15,18-20,25H,11-13H2,(H,30,32)/t18?,19-,20-,25?/m0/s1. The van der Waals surface area contributed by atoms with Gasteiger partial charge in [0.05, 0.1) is 18.3 Å². The van der Waals surface area contributed by atoms with E-state index in [-0.39, 0.29) is 24.0 Å². The Hall–Kier alpha value is -3.87. The molecule has 7 nitrogen and oxygen atoms in total. The van der Waals surface area contributed by atoms with Gasteiger partial charge < -0.3 is 9.88 Å². The van der Waals surface area contributed by atoms with E-state index in [0.29, 0.717) is 29.4 Å². The lowest BCUT2D eigenvalue weighted by molar-refractivity contribution is -0.115. The average molecular weight is 438 g/mol. The molecule has 2 aliphatic carbocycles. The number of benzene rings is 1. The molecule has 2 saturated carbocycles. The molecule has 2 fully saturated rings. The molecule has 164 valence electrons. The van der Waals surface area contributed by atoms with Gasteiger partial charge >= 0.3 is 0 Å². The highest BCUT2D eigenvalue weighted by Crippen LogP contribution is 2.61. The number of fused-ring (bicyclic) bond motifs is 2. The van der Waals surface area contributed by atoms with Crippen LogP contribution in [0.3, 0.4) is 0 Å². The number of hydrogen-bond donors (Lipinski definition) is 1. The van der Waals surface area contributed by atoms with Gasteiger partial charge in [-0.2, -0.15) is 0 Å². The molecule has 1 aromatic carbocycles. The molecule has 2 atom stereocenters. The number of nitrogens with zero attached hydrogens (tertiary/aromatic N) is 4. The number of carbonyl (C=O) groups excluding carboxylic acids is 2. The van der Waals surface area contributed by atoms with Gasteiger partial charge in [-0.3, -0.25) is 19.6 Å². The van der Waals surface area contributed by atoms with Crippen molar-refractivity contribution in [1.82, 2.24) is 19.5 Å². The Bertz CT molecular complexity index is 1340. The minimum absolute atomic E-state index is 0.0984. The van der Waals surface area contributed by atoms with E-state index in [1.165, 1.54) is 0 Å². The third kappa shape index (κ3) is 3.80. The van der Waals surface area contributed by atoms with Crippen molar-refractivity contribution in [3.63, 3.8) is 0 Å². The Morgan fingerprint density at radius 1 is 0.970 bits per heavy atom. The third-order valence-corrected chi connectivity index (χ3v) is 6.96. The van der Waals surface area contributed by atoms with E-state index >= 15 is 0 Å². The van der Waals surface area contributed by atoms with Crippen molar-refractivity contribution < 1.29 is 9.59 Å². The van der Waals surface area contributed by atoms with Crippen LogP contribution in [0.5, 0.6) is 0 Å². The van der Waals surface area contributed by atoms with Crippen LogP contribution in [0, 0.1) is 17.8 Å². The second-order valence-electron chi connectivity index (χ2n) is 9.02. The molecular formula is C26H23N5O2. The number of ketones is 1. The first-order valence-corrected chi connectivity index (χ1v) is 11.3. The van der Waals surface area contributed by atoms with Gasteiger partial charge in [-0.1, -0.05) is 18.2 Å². The highest BCUT2D eigenvalue weighted by Gasteiger charge is 2.59. The summed E-state index contributed by atoms with van der Waals surface area (Å²) in [6.07, 6.45) is 9.31. The van der Waals surface area contributed by atoms with Gasteiger partial charge in [0.2, 0.25) is 5.91 Å². The number of anilines is 1. The fourth-order valence-electron chi connectivity index (χ4n) is 5.33. The van der Waals surface area contributed by atoms with Crippen molar-refractivity contribution in [2.75, 3.05) is 5.32 Å². The summed E-state index contributed by atoms with van der Waals surface area (Å²) >= 11 is 0. The number of amides is 1. The number of rotatable bonds is 6. The maximum Gasteiger partial charge on any atom is 0.229 e. The van der Waals surface area contributed by atoms with Gasteiger partial charge in [0.25, 0.3) is 0 Å². The van der Waals surface area contributed by atoms with E-state index < -0.39 is 0 Å². The smallest absolute Gasteiger partial charge is 0.229 e. The molecule has 4 aromatic rings. The Morgan fingerprint density at radius 2 is 1.82 bits per heavy atom. The van der Waals surface area contributed by atoms with Gasteiger partial charge in [-0.05, 0) is 60.6 Å². The van der Waals surface area contributed by atoms with Crippen LogP contribution in [0.2, 0.25) is 0 Å². The molecule has 1 amide bonds. The first-order chi connectivity index (χ1) is 16.2. The number of carbonyl (C=O) groups is 2. The lowest BCUT2D eigenvalue weighted by atomic mass is 10.0. The second-order valence-corrected chi connectivity index (χ2v) is 9.02. The van der Waals surface area contributed by atoms with E-state index in [0.717, 1.165) is 29.3 Å². The van der Waals surface area contributed by atoms with Crippen LogP contribution in [-0.2, 0) is 11.2 Å². The predicted molar refractivity (Wildman–Crippen MR) is 124 cm³/mol. The van der Waals surface area contributed by atoms with Crippen molar-refractivity contribution >= 4 is 28.4 Å². The van der Waals surface area contributed by atoms with E-state index in [1.807, 2.05) is 48.7 Å². The van der Waals surface area contributed by atoms with Crippen molar-refractivity contribution in [3.8, 4) is 0 Å². The zero-order valence-corrected chi connectivity index (χ0v) is 18.0. The number of imidazole rings is 1. The number of pyridine rings is 2. The Kier molecular flexibility index (Phi) is 4.75. The minimum atomic E-state index is -0.0984. The van der Waals surface area contributed by atoms with Gasteiger partial charge in [0.1, 0.15) is 5.69 Å². The largest absolute Gasteiger partial charge is 0.332 e. The van der Waals surface area contributed by atoms with E-state index in [9.17, 15) is 9.59 Å². The van der Waals surface area contributed by atoms with Crippen LogP contribution in [0.4, 0.5) is 5.82 Å². The number of aromatic nitrogens is 4. The SMILES string of the molecule is O=C(Cc1ccc2ncccc2c1)Nc1cn(C2C[C@@H]3C(C(=O)c4ccccn4)[C@H]3C2)cn1. The summed E-state index contributed by atoms with van der Waals surface area (Å²) in [4.78, 5) is 38.1. The minimum Gasteiger partial charge on any atom is -0.332 e. The zero-order valence-electron chi connectivity index (χ0n) is 18.0. The quantitative estimate of drug-likeness (QED) is 0.459. The monoisotopic (exact) mass is 437 g/mol. The van der Waals surface area contributed by atoms with Gasteiger partial charge in [0, 0.05) is 35.9 Å². The summed E-state index contributed by atoms with van der Waals surface area (Å²) in [6, 6.07) is 15.6. The molecule has 1 N–H and O–H groups in total. The Morgan fingerprint density at radius 3 is 2.64 bits per heavy atom. The van der Waals surface area contributed by atoms with E-state index in [2.05, 4.69) is 24.8 Å². The lowest BCUT2D eigenvalue weighted by Gasteiger charge is -2.15. The number of nitrogens with one attached hydrogen (secondary N) is 1. The summed E-state index contributed by atoms with van der Waals surface area (Å²) in [5.74, 6) is 1.59. The normalized spacial score (nSPS) is 21.6. The molecule has 3 heterocycles. The fraction of sp³-hybridized carbons (Fsp3) is 0.269.